The van der Waals surface area contributed by atoms with E-state index in [2.05, 4.69) is 0 Å². The van der Waals surface area contributed by atoms with Crippen LogP contribution in [0.25, 0.3) is 0 Å². The lowest BCUT2D eigenvalue weighted by Gasteiger charge is -2.51. The summed E-state index contributed by atoms with van der Waals surface area (Å²) >= 11 is 0. The fraction of sp³-hybridized carbons (Fsp3) is 0.588. The average Bonchev–Trinajstić information content (AvgIpc) is 2.51. The minimum atomic E-state index is -0.808. The third-order valence-corrected chi connectivity index (χ3v) is 4.01. The molecule has 2 rings (SSSR count). The van der Waals surface area contributed by atoms with Crippen LogP contribution < -0.4 is 0 Å². The van der Waals surface area contributed by atoms with Gasteiger partial charge >= 0.3 is 5.97 Å². The average molecular weight is 292 g/mol. The lowest BCUT2D eigenvalue weighted by atomic mass is 9.69. The lowest BCUT2D eigenvalue weighted by Crippen LogP contribution is -2.61. The zero-order valence-corrected chi connectivity index (χ0v) is 13.0. The molecule has 116 valence electrons. The van der Waals surface area contributed by atoms with Crippen molar-refractivity contribution < 1.29 is 19.0 Å². The summed E-state index contributed by atoms with van der Waals surface area (Å²) in [6, 6.07) is 9.68. The van der Waals surface area contributed by atoms with Crippen LogP contribution in [-0.2, 0) is 25.6 Å². The number of rotatable bonds is 7. The maximum Gasteiger partial charge on any atom is 0.314 e. The van der Waals surface area contributed by atoms with Gasteiger partial charge in [0.05, 0.1) is 0 Å². The molecular formula is C17H24O4. The number of hydrogen-bond acceptors (Lipinski definition) is 4. The van der Waals surface area contributed by atoms with Gasteiger partial charge in [-0.2, -0.15) is 0 Å². The number of esters is 1. The second-order valence-corrected chi connectivity index (χ2v) is 5.37. The van der Waals surface area contributed by atoms with Crippen molar-refractivity contribution in [2.24, 2.45) is 11.8 Å². The standard InChI is InChI=1S/C17H24O4/c1-4-20-17(21-5-2)13(3)11-15(17)16(18)19-12-14-9-7-6-8-10-14/h6-10,13,15H,4-5,11-12H2,1-3H3/t13-,15-/m1/s1. The van der Waals surface area contributed by atoms with Crippen molar-refractivity contribution in [1.29, 1.82) is 0 Å². The smallest absolute Gasteiger partial charge is 0.314 e. The predicted molar refractivity (Wildman–Crippen MR) is 79.5 cm³/mol. The van der Waals surface area contributed by atoms with Gasteiger partial charge < -0.3 is 14.2 Å². The molecule has 1 aromatic carbocycles. The summed E-state index contributed by atoms with van der Waals surface area (Å²) in [5, 5.41) is 0. The van der Waals surface area contributed by atoms with E-state index < -0.39 is 5.79 Å². The molecule has 1 aromatic rings. The Bertz CT molecular complexity index is 451. The minimum absolute atomic E-state index is 0.201. The Morgan fingerprint density at radius 3 is 2.33 bits per heavy atom. The summed E-state index contributed by atoms with van der Waals surface area (Å²) in [4.78, 5) is 12.3. The molecule has 0 aromatic heterocycles. The molecule has 0 radical (unpaired) electrons. The van der Waals surface area contributed by atoms with Gasteiger partial charge in [0.15, 0.2) is 5.79 Å². The fourth-order valence-corrected chi connectivity index (χ4v) is 2.93. The second-order valence-electron chi connectivity index (χ2n) is 5.37. The van der Waals surface area contributed by atoms with Gasteiger partial charge in [-0.15, -0.1) is 0 Å². The van der Waals surface area contributed by atoms with Crippen molar-refractivity contribution in [3.05, 3.63) is 35.9 Å². The molecule has 0 spiro atoms. The Morgan fingerprint density at radius 2 is 1.81 bits per heavy atom. The SMILES string of the molecule is CCOC1(OCC)[C@H](C)C[C@@H]1C(=O)OCc1ccccc1. The Labute approximate surface area is 126 Å². The quantitative estimate of drug-likeness (QED) is 0.572. The Morgan fingerprint density at radius 1 is 1.19 bits per heavy atom. The molecule has 4 nitrogen and oxygen atoms in total. The first-order valence-corrected chi connectivity index (χ1v) is 7.62. The predicted octanol–water partition coefficient (Wildman–Crippen LogP) is 3.16. The van der Waals surface area contributed by atoms with Gasteiger partial charge in [-0.25, -0.2) is 0 Å². The molecule has 1 saturated carbocycles. The summed E-state index contributed by atoms with van der Waals surface area (Å²) in [5.41, 5.74) is 0.983. The number of carbonyl (C=O) groups is 1. The first kappa shape index (κ1) is 16.0. The molecule has 1 aliphatic carbocycles. The highest BCUT2D eigenvalue weighted by Gasteiger charge is 2.59. The molecule has 0 saturated heterocycles. The van der Waals surface area contributed by atoms with Crippen LogP contribution in [0.2, 0.25) is 0 Å². The fourth-order valence-electron chi connectivity index (χ4n) is 2.93. The Hall–Kier alpha value is -1.39. The molecule has 0 unspecified atom stereocenters. The van der Waals surface area contributed by atoms with Crippen LogP contribution >= 0.6 is 0 Å². The maximum absolute atomic E-state index is 12.3. The molecule has 1 fully saturated rings. The monoisotopic (exact) mass is 292 g/mol. The van der Waals surface area contributed by atoms with Crippen LogP contribution in [0.15, 0.2) is 30.3 Å². The largest absolute Gasteiger partial charge is 0.460 e. The van der Waals surface area contributed by atoms with Crippen LogP contribution in [0.4, 0.5) is 0 Å². The molecule has 0 bridgehead atoms. The third kappa shape index (κ3) is 3.27. The van der Waals surface area contributed by atoms with Crippen molar-refractivity contribution >= 4 is 5.97 Å². The van der Waals surface area contributed by atoms with Crippen LogP contribution in [0, 0.1) is 11.8 Å². The van der Waals surface area contributed by atoms with E-state index in [1.807, 2.05) is 51.1 Å². The molecular weight excluding hydrogens is 268 g/mol. The first-order chi connectivity index (χ1) is 10.1. The van der Waals surface area contributed by atoms with Gasteiger partial charge in [0.25, 0.3) is 0 Å². The van der Waals surface area contributed by atoms with E-state index in [9.17, 15) is 4.79 Å². The number of carbonyl (C=O) groups excluding carboxylic acids is 1. The highest BCUT2D eigenvalue weighted by molar-refractivity contribution is 5.75. The van der Waals surface area contributed by atoms with Crippen molar-refractivity contribution in [3.8, 4) is 0 Å². The maximum atomic E-state index is 12.3. The van der Waals surface area contributed by atoms with E-state index in [0.29, 0.717) is 19.8 Å². The molecule has 4 heteroatoms. The van der Waals surface area contributed by atoms with Crippen LogP contribution in [-0.4, -0.2) is 25.0 Å². The molecule has 0 heterocycles. The van der Waals surface area contributed by atoms with Gasteiger partial charge in [-0.05, 0) is 25.8 Å². The van der Waals surface area contributed by atoms with Crippen LogP contribution in [0.5, 0.6) is 0 Å². The summed E-state index contributed by atoms with van der Waals surface area (Å²) in [7, 11) is 0. The minimum Gasteiger partial charge on any atom is -0.460 e. The van der Waals surface area contributed by atoms with Gasteiger partial charge in [0.2, 0.25) is 0 Å². The number of benzene rings is 1. The summed E-state index contributed by atoms with van der Waals surface area (Å²) in [6.07, 6.45) is 0.744. The zero-order valence-electron chi connectivity index (χ0n) is 13.0. The molecule has 2 atom stereocenters. The summed E-state index contributed by atoms with van der Waals surface area (Å²) in [6.45, 7) is 7.21. The topological polar surface area (TPSA) is 44.8 Å². The first-order valence-electron chi connectivity index (χ1n) is 7.62. The summed E-state index contributed by atoms with van der Waals surface area (Å²) < 4.78 is 17.0. The van der Waals surface area contributed by atoms with Crippen LogP contribution in [0.1, 0.15) is 32.8 Å². The number of hydrogen-bond donors (Lipinski definition) is 0. The molecule has 0 aliphatic heterocycles. The Kier molecular flexibility index (Phi) is 5.37. The van der Waals surface area contributed by atoms with E-state index in [-0.39, 0.29) is 17.8 Å². The van der Waals surface area contributed by atoms with E-state index in [4.69, 9.17) is 14.2 Å². The van der Waals surface area contributed by atoms with E-state index in [1.54, 1.807) is 0 Å². The zero-order chi connectivity index (χ0) is 15.3. The van der Waals surface area contributed by atoms with Gasteiger partial charge in [-0.1, -0.05) is 37.3 Å². The number of ether oxygens (including phenoxy) is 3. The van der Waals surface area contributed by atoms with Gasteiger partial charge in [-0.3, -0.25) is 4.79 Å². The Balaban J connectivity index is 1.98. The second kappa shape index (κ2) is 7.05. The van der Waals surface area contributed by atoms with Crippen molar-refractivity contribution in [2.75, 3.05) is 13.2 Å². The normalized spacial score (nSPS) is 23.4. The van der Waals surface area contributed by atoms with Gasteiger partial charge in [0, 0.05) is 19.1 Å². The van der Waals surface area contributed by atoms with Crippen LogP contribution in [0.3, 0.4) is 0 Å². The molecule has 0 amide bonds. The van der Waals surface area contributed by atoms with E-state index in [1.165, 1.54) is 0 Å². The van der Waals surface area contributed by atoms with Crippen molar-refractivity contribution in [3.63, 3.8) is 0 Å². The summed E-state index contributed by atoms with van der Waals surface area (Å²) in [5.74, 6) is -1.18. The highest BCUT2D eigenvalue weighted by Crippen LogP contribution is 2.48. The van der Waals surface area contributed by atoms with E-state index >= 15 is 0 Å². The van der Waals surface area contributed by atoms with Gasteiger partial charge in [0.1, 0.15) is 12.5 Å². The van der Waals surface area contributed by atoms with Crippen molar-refractivity contribution in [2.45, 2.75) is 39.6 Å². The molecule has 1 aliphatic rings. The molecule has 0 N–H and O–H groups in total. The lowest BCUT2D eigenvalue weighted by molar-refractivity contribution is -0.333. The van der Waals surface area contributed by atoms with E-state index in [0.717, 1.165) is 12.0 Å². The van der Waals surface area contributed by atoms with Crippen molar-refractivity contribution in [1.82, 2.24) is 0 Å². The highest BCUT2D eigenvalue weighted by atomic mass is 16.7. The molecule has 21 heavy (non-hydrogen) atoms. The third-order valence-electron chi connectivity index (χ3n) is 4.01.